The number of fused-ring (bicyclic) bond motifs is 1. The first-order valence-corrected chi connectivity index (χ1v) is 6.18. The molecule has 0 bridgehead atoms. The van der Waals surface area contributed by atoms with Gasteiger partial charge in [-0.2, -0.15) is 0 Å². The van der Waals surface area contributed by atoms with Crippen molar-refractivity contribution >= 4 is 32.8 Å². The molecule has 1 heterocycles. The molecule has 0 aliphatic rings. The van der Waals surface area contributed by atoms with E-state index in [1.165, 1.54) is 0 Å². The van der Waals surface area contributed by atoms with Crippen LogP contribution < -0.4 is 5.32 Å². The summed E-state index contributed by atoms with van der Waals surface area (Å²) in [5.41, 5.74) is 0.948. The summed E-state index contributed by atoms with van der Waals surface area (Å²) in [6, 6.07) is 6.37. The maximum absolute atomic E-state index is 4.49. The molecule has 1 aromatic carbocycles. The molecule has 16 heavy (non-hydrogen) atoms. The van der Waals surface area contributed by atoms with Gasteiger partial charge in [-0.05, 0) is 35.3 Å². The smallest absolute Gasteiger partial charge is 0.223 e. The zero-order valence-corrected chi connectivity index (χ0v) is 11.0. The van der Waals surface area contributed by atoms with Gasteiger partial charge in [0, 0.05) is 22.1 Å². The molecule has 1 aromatic heterocycles. The van der Waals surface area contributed by atoms with E-state index >= 15 is 0 Å². The Kier molecular flexibility index (Phi) is 3.39. The van der Waals surface area contributed by atoms with Crippen LogP contribution in [0.1, 0.15) is 20.3 Å². The van der Waals surface area contributed by atoms with Crippen molar-refractivity contribution in [1.29, 1.82) is 0 Å². The summed E-state index contributed by atoms with van der Waals surface area (Å²) in [7, 11) is 0. The van der Waals surface area contributed by atoms with Gasteiger partial charge < -0.3 is 5.32 Å². The van der Waals surface area contributed by atoms with Crippen molar-refractivity contribution in [1.82, 2.24) is 9.97 Å². The molecule has 2 rings (SSSR count). The van der Waals surface area contributed by atoms with Crippen LogP contribution in [0, 0.1) is 0 Å². The van der Waals surface area contributed by atoms with Crippen molar-refractivity contribution in [3.8, 4) is 0 Å². The Morgan fingerprint density at radius 2 is 2.25 bits per heavy atom. The van der Waals surface area contributed by atoms with Crippen LogP contribution in [0.25, 0.3) is 10.9 Å². The van der Waals surface area contributed by atoms with Gasteiger partial charge in [0.05, 0.1) is 5.52 Å². The predicted octanol–water partition coefficient (Wildman–Crippen LogP) is 3.60. The molecule has 1 unspecified atom stereocenters. The molecular formula is C12H14BrN3. The minimum Gasteiger partial charge on any atom is -0.352 e. The first-order chi connectivity index (χ1) is 7.70. The SMILES string of the molecule is CCC(C)Nc1ncc2cccc(Br)c2n1. The second kappa shape index (κ2) is 4.78. The van der Waals surface area contributed by atoms with Crippen molar-refractivity contribution < 1.29 is 0 Å². The molecule has 0 radical (unpaired) electrons. The topological polar surface area (TPSA) is 37.8 Å². The third kappa shape index (κ3) is 2.32. The predicted molar refractivity (Wildman–Crippen MR) is 70.6 cm³/mol. The lowest BCUT2D eigenvalue weighted by Crippen LogP contribution is -2.15. The first kappa shape index (κ1) is 11.3. The Morgan fingerprint density at radius 3 is 3.00 bits per heavy atom. The van der Waals surface area contributed by atoms with Gasteiger partial charge in [0.25, 0.3) is 0 Å². The fraction of sp³-hybridized carbons (Fsp3) is 0.333. The molecule has 1 N–H and O–H groups in total. The molecule has 0 amide bonds. The van der Waals surface area contributed by atoms with Crippen molar-refractivity contribution in [2.75, 3.05) is 5.32 Å². The van der Waals surface area contributed by atoms with Crippen LogP contribution in [-0.4, -0.2) is 16.0 Å². The lowest BCUT2D eigenvalue weighted by Gasteiger charge is -2.11. The van der Waals surface area contributed by atoms with Crippen molar-refractivity contribution in [2.45, 2.75) is 26.3 Å². The zero-order chi connectivity index (χ0) is 11.5. The second-order valence-electron chi connectivity index (χ2n) is 3.82. The number of halogens is 1. The third-order valence-corrected chi connectivity index (χ3v) is 3.19. The summed E-state index contributed by atoms with van der Waals surface area (Å²) < 4.78 is 1.000. The molecule has 0 saturated heterocycles. The van der Waals surface area contributed by atoms with Gasteiger partial charge in [-0.25, -0.2) is 9.97 Å². The number of rotatable bonds is 3. The van der Waals surface area contributed by atoms with Crippen LogP contribution in [0.2, 0.25) is 0 Å². The lowest BCUT2D eigenvalue weighted by molar-refractivity contribution is 0.754. The van der Waals surface area contributed by atoms with Crippen LogP contribution in [0.5, 0.6) is 0 Å². The van der Waals surface area contributed by atoms with E-state index in [1.54, 1.807) is 0 Å². The number of hydrogen-bond acceptors (Lipinski definition) is 3. The maximum atomic E-state index is 4.49. The highest BCUT2D eigenvalue weighted by Crippen LogP contribution is 2.22. The van der Waals surface area contributed by atoms with E-state index in [4.69, 9.17) is 0 Å². The minimum atomic E-state index is 0.389. The molecular weight excluding hydrogens is 266 g/mol. The average molecular weight is 280 g/mol. The van der Waals surface area contributed by atoms with E-state index in [0.717, 1.165) is 21.8 Å². The van der Waals surface area contributed by atoms with Gasteiger partial charge in [0.1, 0.15) is 0 Å². The number of para-hydroxylation sites is 1. The van der Waals surface area contributed by atoms with Crippen molar-refractivity contribution in [3.63, 3.8) is 0 Å². The molecule has 1 atom stereocenters. The molecule has 2 aromatic rings. The van der Waals surface area contributed by atoms with Gasteiger partial charge in [-0.3, -0.25) is 0 Å². The van der Waals surface area contributed by atoms with Gasteiger partial charge in [0.15, 0.2) is 0 Å². The minimum absolute atomic E-state index is 0.389. The van der Waals surface area contributed by atoms with Crippen LogP contribution in [-0.2, 0) is 0 Å². The van der Waals surface area contributed by atoms with E-state index in [0.29, 0.717) is 12.0 Å². The monoisotopic (exact) mass is 279 g/mol. The van der Waals surface area contributed by atoms with Crippen molar-refractivity contribution in [2.24, 2.45) is 0 Å². The lowest BCUT2D eigenvalue weighted by atomic mass is 10.2. The summed E-state index contributed by atoms with van der Waals surface area (Å²) in [5.74, 6) is 0.689. The van der Waals surface area contributed by atoms with Crippen LogP contribution in [0.3, 0.4) is 0 Å². The Balaban J connectivity index is 2.39. The van der Waals surface area contributed by atoms with Crippen molar-refractivity contribution in [3.05, 3.63) is 28.9 Å². The van der Waals surface area contributed by atoms with Crippen LogP contribution in [0.4, 0.5) is 5.95 Å². The molecule has 0 aliphatic carbocycles. The van der Waals surface area contributed by atoms with E-state index in [9.17, 15) is 0 Å². The molecule has 3 nitrogen and oxygen atoms in total. The van der Waals surface area contributed by atoms with Gasteiger partial charge in [-0.1, -0.05) is 19.1 Å². The fourth-order valence-electron chi connectivity index (χ4n) is 1.41. The number of nitrogens with one attached hydrogen (secondary N) is 1. The third-order valence-electron chi connectivity index (χ3n) is 2.55. The van der Waals surface area contributed by atoms with Gasteiger partial charge in [0.2, 0.25) is 5.95 Å². The van der Waals surface area contributed by atoms with E-state index < -0.39 is 0 Å². The summed E-state index contributed by atoms with van der Waals surface area (Å²) >= 11 is 3.50. The Bertz CT molecular complexity index is 499. The molecule has 0 fully saturated rings. The Morgan fingerprint density at radius 1 is 1.44 bits per heavy atom. The quantitative estimate of drug-likeness (QED) is 0.933. The largest absolute Gasteiger partial charge is 0.352 e. The van der Waals surface area contributed by atoms with Gasteiger partial charge in [-0.15, -0.1) is 0 Å². The summed E-state index contributed by atoms with van der Waals surface area (Å²) in [6.45, 7) is 4.25. The van der Waals surface area contributed by atoms with Crippen LogP contribution in [0.15, 0.2) is 28.9 Å². The molecule has 0 spiro atoms. The number of aromatic nitrogens is 2. The molecule has 4 heteroatoms. The van der Waals surface area contributed by atoms with E-state index in [1.807, 2.05) is 24.4 Å². The second-order valence-corrected chi connectivity index (χ2v) is 4.68. The zero-order valence-electron chi connectivity index (χ0n) is 9.37. The average Bonchev–Trinajstić information content (AvgIpc) is 2.30. The fourth-order valence-corrected chi connectivity index (χ4v) is 1.88. The molecule has 0 aliphatic heterocycles. The standard InChI is InChI=1S/C12H14BrN3/c1-3-8(2)15-12-14-7-9-5-4-6-10(13)11(9)16-12/h4-8H,3H2,1-2H3,(H,14,15,16). The Labute approximate surface area is 103 Å². The highest BCUT2D eigenvalue weighted by molar-refractivity contribution is 9.10. The van der Waals surface area contributed by atoms with Gasteiger partial charge >= 0.3 is 0 Å². The summed E-state index contributed by atoms with van der Waals surface area (Å²) in [6.07, 6.45) is 2.90. The normalized spacial score (nSPS) is 12.7. The van der Waals surface area contributed by atoms with E-state index in [-0.39, 0.29) is 0 Å². The van der Waals surface area contributed by atoms with Crippen LogP contribution >= 0.6 is 15.9 Å². The molecule has 84 valence electrons. The number of hydrogen-bond donors (Lipinski definition) is 1. The first-order valence-electron chi connectivity index (χ1n) is 5.38. The maximum Gasteiger partial charge on any atom is 0.223 e. The number of nitrogens with zero attached hydrogens (tertiary/aromatic N) is 2. The highest BCUT2D eigenvalue weighted by atomic mass is 79.9. The summed E-state index contributed by atoms with van der Waals surface area (Å²) in [4.78, 5) is 8.79. The van der Waals surface area contributed by atoms with E-state index in [2.05, 4.69) is 45.1 Å². The summed E-state index contributed by atoms with van der Waals surface area (Å²) in [5, 5.41) is 4.31. The Hall–Kier alpha value is -1.16. The highest BCUT2D eigenvalue weighted by Gasteiger charge is 2.04. The number of benzene rings is 1. The molecule has 0 saturated carbocycles. The number of anilines is 1.